The molecular weight excluding hydrogens is 386 g/mol. The van der Waals surface area contributed by atoms with Crippen molar-refractivity contribution in [1.29, 1.82) is 0 Å². The van der Waals surface area contributed by atoms with Gasteiger partial charge in [-0.05, 0) is 31.2 Å². The van der Waals surface area contributed by atoms with Crippen molar-refractivity contribution in [3.05, 3.63) is 46.2 Å². The Morgan fingerprint density at radius 3 is 2.67 bits per heavy atom. The van der Waals surface area contributed by atoms with Gasteiger partial charge in [0.2, 0.25) is 5.91 Å². The summed E-state index contributed by atoms with van der Waals surface area (Å²) in [6.07, 6.45) is -3.57. The number of rotatable bonds is 4. The van der Waals surface area contributed by atoms with Crippen LogP contribution in [0.2, 0.25) is 10.0 Å². The first-order valence-electron chi connectivity index (χ1n) is 6.49. The molecule has 128 valence electrons. The Morgan fingerprint density at radius 2 is 2.00 bits per heavy atom. The zero-order valence-corrected chi connectivity index (χ0v) is 14.4. The number of aromatic nitrogens is 2. The fraction of sp³-hybridized carbons (Fsp3) is 0.214. The Labute approximate surface area is 149 Å². The first-order valence-corrected chi connectivity index (χ1v) is 8.13. The molecule has 4 nitrogen and oxygen atoms in total. The fourth-order valence-corrected chi connectivity index (χ4v) is 2.69. The Kier molecular flexibility index (Phi) is 5.95. The number of anilines is 1. The molecule has 2 aromatic rings. The van der Waals surface area contributed by atoms with E-state index in [1.165, 1.54) is 19.1 Å². The summed E-state index contributed by atoms with van der Waals surface area (Å²) >= 11 is 12.6. The third kappa shape index (κ3) is 4.99. The molecule has 2 rings (SSSR count). The summed E-state index contributed by atoms with van der Waals surface area (Å²) in [5.74, 6) is -0.467. The predicted molar refractivity (Wildman–Crippen MR) is 87.4 cm³/mol. The second-order valence-electron chi connectivity index (χ2n) is 4.60. The van der Waals surface area contributed by atoms with E-state index in [0.717, 1.165) is 24.0 Å². The zero-order chi connectivity index (χ0) is 17.9. The normalized spacial score (nSPS) is 12.8. The Balaban J connectivity index is 2.08. The lowest BCUT2D eigenvalue weighted by molar-refractivity contribution is -0.141. The van der Waals surface area contributed by atoms with E-state index >= 15 is 0 Å². The third-order valence-corrected chi connectivity index (χ3v) is 4.30. The van der Waals surface area contributed by atoms with Crippen LogP contribution in [0, 0.1) is 0 Å². The van der Waals surface area contributed by atoms with Gasteiger partial charge in [0.1, 0.15) is 5.69 Å². The smallest absolute Gasteiger partial charge is 0.324 e. The average Bonchev–Trinajstić information content (AvgIpc) is 2.50. The molecule has 1 unspecified atom stereocenters. The molecule has 1 N–H and O–H groups in total. The van der Waals surface area contributed by atoms with Crippen molar-refractivity contribution in [2.75, 3.05) is 5.32 Å². The highest BCUT2D eigenvalue weighted by Gasteiger charge is 2.33. The van der Waals surface area contributed by atoms with Crippen LogP contribution in [0.5, 0.6) is 0 Å². The fourth-order valence-electron chi connectivity index (χ4n) is 1.59. The van der Waals surface area contributed by atoms with Crippen LogP contribution in [0.4, 0.5) is 18.9 Å². The maximum absolute atomic E-state index is 12.6. The van der Waals surface area contributed by atoms with E-state index in [1.807, 2.05) is 0 Å². The van der Waals surface area contributed by atoms with E-state index in [4.69, 9.17) is 23.2 Å². The number of carbonyl (C=O) groups excluding carboxylic acids is 1. The van der Waals surface area contributed by atoms with Crippen molar-refractivity contribution >= 4 is 46.6 Å². The molecule has 0 fully saturated rings. The number of halogens is 5. The quantitative estimate of drug-likeness (QED) is 0.589. The van der Waals surface area contributed by atoms with Crippen molar-refractivity contribution in [1.82, 2.24) is 9.97 Å². The van der Waals surface area contributed by atoms with Crippen LogP contribution >= 0.6 is 35.0 Å². The van der Waals surface area contributed by atoms with Gasteiger partial charge in [-0.15, -0.1) is 0 Å². The predicted octanol–water partition coefficient (Wildman–Crippen LogP) is 4.92. The van der Waals surface area contributed by atoms with Crippen molar-refractivity contribution in [2.45, 2.75) is 23.5 Å². The van der Waals surface area contributed by atoms with Crippen LogP contribution in [0.1, 0.15) is 12.6 Å². The van der Waals surface area contributed by atoms with Gasteiger partial charge in [-0.2, -0.15) is 13.2 Å². The van der Waals surface area contributed by atoms with Crippen LogP contribution in [0.25, 0.3) is 0 Å². The molecule has 0 aliphatic heterocycles. The molecule has 10 heteroatoms. The largest absolute Gasteiger partial charge is 0.433 e. The SMILES string of the molecule is CC(Sc1nccc(C(F)(F)F)n1)C(=O)Nc1cc(Cl)ccc1Cl. The molecule has 0 saturated heterocycles. The second-order valence-corrected chi connectivity index (χ2v) is 6.75. The molecule has 1 aromatic heterocycles. The van der Waals surface area contributed by atoms with Crippen LogP contribution in [-0.4, -0.2) is 21.1 Å². The van der Waals surface area contributed by atoms with Crippen molar-refractivity contribution < 1.29 is 18.0 Å². The van der Waals surface area contributed by atoms with E-state index in [0.29, 0.717) is 15.7 Å². The number of benzene rings is 1. The highest BCUT2D eigenvalue weighted by Crippen LogP contribution is 2.30. The molecule has 0 spiro atoms. The highest BCUT2D eigenvalue weighted by molar-refractivity contribution is 8.00. The molecule has 1 aromatic carbocycles. The molecule has 0 bridgehead atoms. The van der Waals surface area contributed by atoms with Gasteiger partial charge in [-0.3, -0.25) is 4.79 Å². The van der Waals surface area contributed by atoms with E-state index in [-0.39, 0.29) is 5.16 Å². The van der Waals surface area contributed by atoms with Gasteiger partial charge >= 0.3 is 6.18 Å². The average molecular weight is 396 g/mol. The molecule has 1 amide bonds. The summed E-state index contributed by atoms with van der Waals surface area (Å²) < 4.78 is 37.9. The second kappa shape index (κ2) is 7.58. The Bertz CT molecular complexity index is 758. The minimum Gasteiger partial charge on any atom is -0.324 e. The first-order chi connectivity index (χ1) is 11.2. The number of hydrogen-bond acceptors (Lipinski definition) is 4. The molecule has 0 radical (unpaired) electrons. The van der Waals surface area contributed by atoms with Crippen LogP contribution in [0.3, 0.4) is 0 Å². The lowest BCUT2D eigenvalue weighted by Crippen LogP contribution is -2.23. The summed E-state index contributed by atoms with van der Waals surface area (Å²) in [6.45, 7) is 1.52. The Morgan fingerprint density at radius 1 is 1.29 bits per heavy atom. The van der Waals surface area contributed by atoms with Gasteiger partial charge in [0.05, 0.1) is 16.0 Å². The van der Waals surface area contributed by atoms with Crippen molar-refractivity contribution in [3.8, 4) is 0 Å². The van der Waals surface area contributed by atoms with Gasteiger partial charge < -0.3 is 5.32 Å². The molecule has 1 atom stereocenters. The number of nitrogens with zero attached hydrogens (tertiary/aromatic N) is 2. The number of carbonyl (C=O) groups is 1. The van der Waals surface area contributed by atoms with Gasteiger partial charge in [0, 0.05) is 11.2 Å². The molecular formula is C14H10Cl2F3N3OS. The summed E-state index contributed by atoms with van der Waals surface area (Å²) in [7, 11) is 0. The number of thioether (sulfide) groups is 1. The summed E-state index contributed by atoms with van der Waals surface area (Å²) in [6, 6.07) is 5.32. The van der Waals surface area contributed by atoms with Gasteiger partial charge in [0.25, 0.3) is 0 Å². The number of hydrogen-bond donors (Lipinski definition) is 1. The van der Waals surface area contributed by atoms with E-state index < -0.39 is 23.0 Å². The maximum Gasteiger partial charge on any atom is 0.433 e. The summed E-state index contributed by atoms with van der Waals surface area (Å²) in [4.78, 5) is 19.3. The molecule has 0 saturated carbocycles. The maximum atomic E-state index is 12.6. The number of amides is 1. The lowest BCUT2D eigenvalue weighted by atomic mass is 10.3. The van der Waals surface area contributed by atoms with E-state index in [2.05, 4.69) is 15.3 Å². The van der Waals surface area contributed by atoms with Gasteiger partial charge in [0.15, 0.2) is 5.16 Å². The topological polar surface area (TPSA) is 54.9 Å². The molecule has 0 aliphatic carbocycles. The first kappa shape index (κ1) is 18.8. The monoisotopic (exact) mass is 395 g/mol. The van der Waals surface area contributed by atoms with Crippen molar-refractivity contribution in [2.24, 2.45) is 0 Å². The number of nitrogens with one attached hydrogen (secondary N) is 1. The Hall–Kier alpha value is -1.51. The van der Waals surface area contributed by atoms with Crippen LogP contribution in [0.15, 0.2) is 35.6 Å². The lowest BCUT2D eigenvalue weighted by Gasteiger charge is -2.13. The van der Waals surface area contributed by atoms with Gasteiger partial charge in [-0.1, -0.05) is 35.0 Å². The summed E-state index contributed by atoms with van der Waals surface area (Å²) in [5.41, 5.74) is -0.753. The van der Waals surface area contributed by atoms with Crippen molar-refractivity contribution in [3.63, 3.8) is 0 Å². The zero-order valence-electron chi connectivity index (χ0n) is 12.1. The highest BCUT2D eigenvalue weighted by atomic mass is 35.5. The standard InChI is InChI=1S/C14H10Cl2F3N3OS/c1-7(12(23)21-10-6-8(15)2-3-9(10)16)24-13-20-5-4-11(22-13)14(17,18)19/h2-7H,1H3,(H,21,23). The minimum absolute atomic E-state index is 0.148. The summed E-state index contributed by atoms with van der Waals surface area (Å²) in [5, 5.41) is 2.34. The van der Waals surface area contributed by atoms with Gasteiger partial charge in [-0.25, -0.2) is 9.97 Å². The van der Waals surface area contributed by atoms with E-state index in [1.54, 1.807) is 6.07 Å². The third-order valence-electron chi connectivity index (χ3n) is 2.76. The minimum atomic E-state index is -4.57. The molecule has 24 heavy (non-hydrogen) atoms. The van der Waals surface area contributed by atoms with Crippen LogP contribution < -0.4 is 5.32 Å². The molecule has 0 aliphatic rings. The molecule has 1 heterocycles. The van der Waals surface area contributed by atoms with Crippen LogP contribution in [-0.2, 0) is 11.0 Å². The number of alkyl halides is 3. The van der Waals surface area contributed by atoms with E-state index in [9.17, 15) is 18.0 Å².